The van der Waals surface area contributed by atoms with Crippen molar-refractivity contribution in [3.05, 3.63) is 41.1 Å². The van der Waals surface area contributed by atoms with E-state index in [1.54, 1.807) is 24.3 Å². The van der Waals surface area contributed by atoms with Gasteiger partial charge in [-0.05, 0) is 28.0 Å². The summed E-state index contributed by atoms with van der Waals surface area (Å²) in [7, 11) is 1.32. The summed E-state index contributed by atoms with van der Waals surface area (Å²) in [6.07, 6.45) is 1.46. The molecule has 0 fully saturated rings. The van der Waals surface area contributed by atoms with E-state index >= 15 is 0 Å². The fourth-order valence-electron chi connectivity index (χ4n) is 1.40. The molecule has 0 spiro atoms. The largest absolute Gasteiger partial charge is 0.465 e. The molecule has 0 aliphatic carbocycles. The maximum Gasteiger partial charge on any atom is 0.337 e. The van der Waals surface area contributed by atoms with Crippen LogP contribution in [0.5, 0.6) is 0 Å². The molecule has 9 nitrogen and oxygen atoms in total. The van der Waals surface area contributed by atoms with Gasteiger partial charge in [0.05, 0.1) is 18.9 Å². The zero-order chi connectivity index (χ0) is 15.2. The second kappa shape index (κ2) is 6.28. The topological polar surface area (TPSA) is 142 Å². The standard InChI is InChI=1S/C12H12N6O3/c1-20-12(19)8-4-2-7(3-5-8)6-15-16-10(13)9-11(14)18-21-17-9/h2-6H,1H3,(H2,13,16)(H2,14,18)/b15-6-. The molecule has 0 atom stereocenters. The number of aromatic nitrogens is 2. The van der Waals surface area contributed by atoms with Gasteiger partial charge in [-0.2, -0.15) is 5.10 Å². The van der Waals surface area contributed by atoms with E-state index in [0.29, 0.717) is 5.56 Å². The molecular weight excluding hydrogens is 276 g/mol. The summed E-state index contributed by atoms with van der Waals surface area (Å²) < 4.78 is 8.99. The molecule has 4 N–H and O–H groups in total. The first-order valence-electron chi connectivity index (χ1n) is 5.75. The van der Waals surface area contributed by atoms with Crippen molar-refractivity contribution in [1.82, 2.24) is 10.3 Å². The predicted octanol–water partition coefficient (Wildman–Crippen LogP) is 0.178. The highest BCUT2D eigenvalue weighted by atomic mass is 16.6. The molecule has 0 unspecified atom stereocenters. The number of nitrogen functional groups attached to an aromatic ring is 1. The minimum absolute atomic E-state index is 0.0174. The first-order chi connectivity index (χ1) is 10.1. The Morgan fingerprint density at radius 2 is 2.05 bits per heavy atom. The highest BCUT2D eigenvalue weighted by Gasteiger charge is 2.09. The average molecular weight is 288 g/mol. The Kier molecular flexibility index (Phi) is 4.24. The van der Waals surface area contributed by atoms with Gasteiger partial charge in [-0.25, -0.2) is 9.42 Å². The van der Waals surface area contributed by atoms with Crippen molar-refractivity contribution < 1.29 is 14.2 Å². The number of carbonyl (C=O) groups excluding carboxylic acids is 1. The molecular formula is C12H12N6O3. The number of nitrogens with two attached hydrogens (primary N) is 2. The molecule has 0 radical (unpaired) electrons. The minimum Gasteiger partial charge on any atom is -0.465 e. The van der Waals surface area contributed by atoms with E-state index in [0.717, 1.165) is 5.56 Å². The van der Waals surface area contributed by atoms with Gasteiger partial charge in [0.25, 0.3) is 0 Å². The van der Waals surface area contributed by atoms with Gasteiger partial charge in [0.1, 0.15) is 0 Å². The van der Waals surface area contributed by atoms with Crippen LogP contribution in [-0.2, 0) is 4.74 Å². The lowest BCUT2D eigenvalue weighted by Gasteiger charge is -1.98. The summed E-state index contributed by atoms with van der Waals surface area (Å²) in [6.45, 7) is 0. The number of hydrogen-bond acceptors (Lipinski definition) is 8. The van der Waals surface area contributed by atoms with E-state index in [1.807, 2.05) is 0 Å². The molecule has 1 aromatic carbocycles. The average Bonchev–Trinajstić information content (AvgIpc) is 2.93. The third-order valence-corrected chi connectivity index (χ3v) is 2.46. The first-order valence-corrected chi connectivity index (χ1v) is 5.75. The molecule has 21 heavy (non-hydrogen) atoms. The molecule has 1 aromatic heterocycles. The van der Waals surface area contributed by atoms with Crippen LogP contribution in [0.25, 0.3) is 0 Å². The zero-order valence-corrected chi connectivity index (χ0v) is 11.1. The summed E-state index contributed by atoms with van der Waals surface area (Å²) in [5, 5.41) is 14.4. The molecule has 0 saturated heterocycles. The van der Waals surface area contributed by atoms with Crippen LogP contribution < -0.4 is 11.5 Å². The van der Waals surface area contributed by atoms with Gasteiger partial charge in [0.2, 0.25) is 0 Å². The van der Waals surface area contributed by atoms with Crippen LogP contribution in [0.4, 0.5) is 5.82 Å². The zero-order valence-electron chi connectivity index (χ0n) is 11.1. The Labute approximate surface area is 119 Å². The third-order valence-electron chi connectivity index (χ3n) is 2.46. The van der Waals surface area contributed by atoms with Crippen LogP contribution in [0.3, 0.4) is 0 Å². The number of ether oxygens (including phenoxy) is 1. The SMILES string of the molecule is COC(=O)c1ccc(/C=N\N=C(/N)c2nonc2N)cc1. The van der Waals surface area contributed by atoms with Crippen molar-refractivity contribution in [2.24, 2.45) is 15.9 Å². The monoisotopic (exact) mass is 288 g/mol. The lowest BCUT2D eigenvalue weighted by atomic mass is 10.1. The molecule has 0 amide bonds. The summed E-state index contributed by atoms with van der Waals surface area (Å²) in [4.78, 5) is 11.3. The summed E-state index contributed by atoms with van der Waals surface area (Å²) in [5.41, 5.74) is 12.4. The van der Waals surface area contributed by atoms with Gasteiger partial charge in [-0.15, -0.1) is 5.10 Å². The highest BCUT2D eigenvalue weighted by Crippen LogP contribution is 2.05. The van der Waals surface area contributed by atoms with Crippen LogP contribution >= 0.6 is 0 Å². The van der Waals surface area contributed by atoms with Gasteiger partial charge < -0.3 is 16.2 Å². The molecule has 0 aliphatic rings. The fraction of sp³-hybridized carbons (Fsp3) is 0.0833. The minimum atomic E-state index is -0.408. The van der Waals surface area contributed by atoms with Crippen molar-refractivity contribution >= 4 is 23.8 Å². The van der Waals surface area contributed by atoms with E-state index in [-0.39, 0.29) is 17.3 Å². The second-order valence-electron chi connectivity index (χ2n) is 3.84. The highest BCUT2D eigenvalue weighted by molar-refractivity contribution is 5.99. The maximum atomic E-state index is 11.3. The van der Waals surface area contributed by atoms with E-state index in [4.69, 9.17) is 11.5 Å². The summed E-state index contributed by atoms with van der Waals surface area (Å²) in [6, 6.07) is 6.60. The number of nitrogens with zero attached hydrogens (tertiary/aromatic N) is 4. The van der Waals surface area contributed by atoms with Crippen molar-refractivity contribution in [2.45, 2.75) is 0 Å². The van der Waals surface area contributed by atoms with Crippen molar-refractivity contribution in [3.8, 4) is 0 Å². The van der Waals surface area contributed by atoms with E-state index in [2.05, 4.69) is 29.9 Å². The van der Waals surface area contributed by atoms with Crippen molar-refractivity contribution in [2.75, 3.05) is 12.8 Å². The second-order valence-corrected chi connectivity index (χ2v) is 3.84. The number of esters is 1. The van der Waals surface area contributed by atoms with Crippen molar-refractivity contribution in [3.63, 3.8) is 0 Å². The number of amidine groups is 1. The van der Waals surface area contributed by atoms with Crippen LogP contribution in [0.15, 0.2) is 39.1 Å². The lowest BCUT2D eigenvalue weighted by Crippen LogP contribution is -2.15. The Hall–Kier alpha value is -3.23. The van der Waals surface area contributed by atoms with E-state index in [1.165, 1.54) is 13.3 Å². The number of carbonyl (C=O) groups is 1. The lowest BCUT2D eigenvalue weighted by molar-refractivity contribution is 0.0600. The van der Waals surface area contributed by atoms with Crippen LogP contribution in [-0.4, -0.2) is 35.4 Å². The Morgan fingerprint density at radius 1 is 1.33 bits per heavy atom. The molecule has 0 aliphatic heterocycles. The maximum absolute atomic E-state index is 11.3. The molecule has 0 bridgehead atoms. The Balaban J connectivity index is 2.08. The number of hydrogen-bond donors (Lipinski definition) is 2. The summed E-state index contributed by atoms with van der Waals surface area (Å²) in [5.74, 6) is -0.389. The van der Waals surface area contributed by atoms with E-state index < -0.39 is 5.97 Å². The van der Waals surface area contributed by atoms with Crippen LogP contribution in [0.2, 0.25) is 0 Å². The quantitative estimate of drug-likeness (QED) is 0.353. The predicted molar refractivity (Wildman–Crippen MR) is 74.8 cm³/mol. The Bertz CT molecular complexity index is 689. The number of benzene rings is 1. The molecule has 1 heterocycles. The Morgan fingerprint density at radius 3 is 2.62 bits per heavy atom. The van der Waals surface area contributed by atoms with Crippen LogP contribution in [0.1, 0.15) is 21.6 Å². The molecule has 0 saturated carbocycles. The molecule has 108 valence electrons. The van der Waals surface area contributed by atoms with Gasteiger partial charge >= 0.3 is 5.97 Å². The summed E-state index contributed by atoms with van der Waals surface area (Å²) >= 11 is 0. The smallest absolute Gasteiger partial charge is 0.337 e. The number of rotatable bonds is 4. The molecule has 2 aromatic rings. The van der Waals surface area contributed by atoms with Gasteiger partial charge in [-0.3, -0.25) is 0 Å². The first kappa shape index (κ1) is 14.2. The van der Waals surface area contributed by atoms with Crippen molar-refractivity contribution in [1.29, 1.82) is 0 Å². The van der Waals surface area contributed by atoms with Gasteiger partial charge in [0.15, 0.2) is 17.3 Å². The third kappa shape index (κ3) is 3.41. The van der Waals surface area contributed by atoms with E-state index in [9.17, 15) is 4.79 Å². The van der Waals surface area contributed by atoms with Gasteiger partial charge in [-0.1, -0.05) is 12.1 Å². The van der Waals surface area contributed by atoms with Crippen LogP contribution in [0, 0.1) is 0 Å². The molecule has 9 heteroatoms. The normalized spacial score (nSPS) is 11.8. The fourth-order valence-corrected chi connectivity index (χ4v) is 1.40. The number of anilines is 1. The molecule has 2 rings (SSSR count). The van der Waals surface area contributed by atoms with Gasteiger partial charge in [0, 0.05) is 0 Å². The number of methoxy groups -OCH3 is 1.